The van der Waals surface area contributed by atoms with E-state index in [0.717, 1.165) is 5.56 Å². The van der Waals surface area contributed by atoms with Crippen LogP contribution in [0.1, 0.15) is 40.9 Å². The highest BCUT2D eigenvalue weighted by molar-refractivity contribution is 5.95. The molecule has 8 nitrogen and oxygen atoms in total. The number of rotatable bonds is 9. The normalized spacial score (nSPS) is 10.7. The number of carbonyl (C=O) groups excluding carboxylic acids is 1. The SMILES string of the molecule is CC(C)Nc1ccc(-c2cccc(C(=O)O)c2)c(CC(=O)NCc2ccc(C(=N)N)cc2)c1O. The molecule has 0 saturated heterocycles. The highest BCUT2D eigenvalue weighted by Crippen LogP contribution is 2.37. The zero-order chi connectivity index (χ0) is 24.8. The third-order valence-electron chi connectivity index (χ3n) is 5.24. The van der Waals surface area contributed by atoms with E-state index in [0.29, 0.717) is 27.9 Å². The van der Waals surface area contributed by atoms with Gasteiger partial charge in [-0.3, -0.25) is 10.2 Å². The number of amides is 1. The number of nitrogens with one attached hydrogen (secondary N) is 3. The standard InChI is InChI=1S/C26H28N4O4/c1-15(2)30-22-11-10-20(18-4-3-5-19(12-18)26(33)34)21(24(22)32)13-23(31)29-14-16-6-8-17(9-7-16)25(27)28/h3-12,15,30,32H,13-14H2,1-2H3,(H3,27,28)(H,29,31)(H,33,34). The maximum Gasteiger partial charge on any atom is 0.335 e. The molecule has 0 aliphatic rings. The second kappa shape index (κ2) is 10.5. The van der Waals surface area contributed by atoms with Crippen LogP contribution < -0.4 is 16.4 Å². The fourth-order valence-electron chi connectivity index (χ4n) is 3.56. The minimum atomic E-state index is -1.06. The van der Waals surface area contributed by atoms with Crippen molar-refractivity contribution in [2.24, 2.45) is 5.73 Å². The van der Waals surface area contributed by atoms with Gasteiger partial charge in [-0.1, -0.05) is 42.5 Å². The van der Waals surface area contributed by atoms with Crippen LogP contribution in [0.5, 0.6) is 5.75 Å². The molecule has 7 N–H and O–H groups in total. The second-order valence-electron chi connectivity index (χ2n) is 8.24. The molecule has 0 unspecified atom stereocenters. The Hall–Kier alpha value is -4.33. The number of carboxylic acids is 1. The number of phenols is 1. The van der Waals surface area contributed by atoms with Crippen molar-refractivity contribution < 1.29 is 19.8 Å². The lowest BCUT2D eigenvalue weighted by Gasteiger charge is -2.18. The average Bonchev–Trinajstić information content (AvgIpc) is 2.80. The number of hydrogen-bond donors (Lipinski definition) is 6. The number of nitrogens with two attached hydrogens (primary N) is 1. The van der Waals surface area contributed by atoms with Gasteiger partial charge in [-0.15, -0.1) is 0 Å². The topological polar surface area (TPSA) is 149 Å². The number of anilines is 1. The van der Waals surface area contributed by atoms with Crippen molar-refractivity contribution in [1.29, 1.82) is 5.41 Å². The fourth-order valence-corrected chi connectivity index (χ4v) is 3.56. The first-order valence-electron chi connectivity index (χ1n) is 10.8. The van der Waals surface area contributed by atoms with Crippen LogP contribution >= 0.6 is 0 Å². The largest absolute Gasteiger partial charge is 0.505 e. The van der Waals surface area contributed by atoms with Gasteiger partial charge in [0.15, 0.2) is 0 Å². The number of amidine groups is 1. The van der Waals surface area contributed by atoms with Crippen LogP contribution in [0.25, 0.3) is 11.1 Å². The summed E-state index contributed by atoms with van der Waals surface area (Å²) in [6, 6.07) is 16.9. The maximum atomic E-state index is 12.8. The van der Waals surface area contributed by atoms with Crippen molar-refractivity contribution in [3.8, 4) is 16.9 Å². The van der Waals surface area contributed by atoms with Crippen LogP contribution in [-0.4, -0.2) is 34.0 Å². The van der Waals surface area contributed by atoms with E-state index in [-0.39, 0.29) is 42.1 Å². The summed E-state index contributed by atoms with van der Waals surface area (Å²) in [5.74, 6) is -1.43. The Kier molecular flexibility index (Phi) is 7.53. The summed E-state index contributed by atoms with van der Waals surface area (Å²) in [4.78, 5) is 24.2. The molecule has 0 aliphatic carbocycles. The van der Waals surface area contributed by atoms with Gasteiger partial charge in [-0.25, -0.2) is 4.79 Å². The molecule has 3 rings (SSSR count). The van der Waals surface area contributed by atoms with E-state index in [9.17, 15) is 19.8 Å². The van der Waals surface area contributed by atoms with E-state index >= 15 is 0 Å². The molecule has 0 radical (unpaired) electrons. The van der Waals surface area contributed by atoms with Crippen molar-refractivity contribution in [2.75, 3.05) is 5.32 Å². The van der Waals surface area contributed by atoms with E-state index in [2.05, 4.69) is 10.6 Å². The monoisotopic (exact) mass is 460 g/mol. The van der Waals surface area contributed by atoms with Gasteiger partial charge in [0.05, 0.1) is 17.7 Å². The van der Waals surface area contributed by atoms with Crippen molar-refractivity contribution in [2.45, 2.75) is 32.9 Å². The lowest BCUT2D eigenvalue weighted by atomic mass is 9.94. The summed E-state index contributed by atoms with van der Waals surface area (Å²) in [6.07, 6.45) is -0.0996. The number of aromatic hydroxyl groups is 1. The summed E-state index contributed by atoms with van der Waals surface area (Å²) >= 11 is 0. The predicted octanol–water partition coefficient (Wildman–Crippen LogP) is 3.72. The maximum absolute atomic E-state index is 12.8. The minimum Gasteiger partial charge on any atom is -0.505 e. The number of aromatic carboxylic acids is 1. The van der Waals surface area contributed by atoms with E-state index < -0.39 is 5.97 Å². The average molecular weight is 461 g/mol. The molecule has 0 saturated carbocycles. The van der Waals surface area contributed by atoms with Gasteiger partial charge in [0.2, 0.25) is 5.91 Å². The summed E-state index contributed by atoms with van der Waals surface area (Å²) < 4.78 is 0. The van der Waals surface area contributed by atoms with E-state index in [1.54, 1.807) is 48.5 Å². The molecule has 8 heteroatoms. The van der Waals surface area contributed by atoms with E-state index in [4.69, 9.17) is 11.1 Å². The fraction of sp³-hybridized carbons (Fsp3) is 0.192. The molecular formula is C26H28N4O4. The summed E-state index contributed by atoms with van der Waals surface area (Å²) in [7, 11) is 0. The Bertz CT molecular complexity index is 1220. The molecule has 34 heavy (non-hydrogen) atoms. The Labute approximate surface area is 198 Å². The Balaban J connectivity index is 1.88. The van der Waals surface area contributed by atoms with Crippen LogP contribution in [0, 0.1) is 5.41 Å². The number of nitrogen functional groups attached to an aromatic ring is 1. The zero-order valence-corrected chi connectivity index (χ0v) is 19.1. The summed E-state index contributed by atoms with van der Waals surface area (Å²) in [5, 5.41) is 33.8. The van der Waals surface area contributed by atoms with Crippen molar-refractivity contribution in [1.82, 2.24) is 5.32 Å². The van der Waals surface area contributed by atoms with Gasteiger partial charge in [0.1, 0.15) is 11.6 Å². The second-order valence-corrected chi connectivity index (χ2v) is 8.24. The number of carboxylic acid groups (broad SMARTS) is 1. The Morgan fingerprint density at radius 1 is 1.03 bits per heavy atom. The molecular weight excluding hydrogens is 432 g/mol. The third-order valence-corrected chi connectivity index (χ3v) is 5.24. The molecule has 0 aliphatic heterocycles. The van der Waals surface area contributed by atoms with Gasteiger partial charge in [-0.2, -0.15) is 0 Å². The van der Waals surface area contributed by atoms with Crippen molar-refractivity contribution >= 4 is 23.4 Å². The van der Waals surface area contributed by atoms with Crippen LogP contribution in [0.4, 0.5) is 5.69 Å². The van der Waals surface area contributed by atoms with Crippen LogP contribution in [0.2, 0.25) is 0 Å². The first kappa shape index (κ1) is 24.3. The summed E-state index contributed by atoms with van der Waals surface area (Å²) in [5.41, 5.74) is 9.09. The van der Waals surface area contributed by atoms with Crippen LogP contribution in [0.3, 0.4) is 0 Å². The van der Waals surface area contributed by atoms with Crippen molar-refractivity contribution in [3.63, 3.8) is 0 Å². The molecule has 3 aromatic carbocycles. The molecule has 3 aromatic rings. The first-order valence-corrected chi connectivity index (χ1v) is 10.8. The van der Waals surface area contributed by atoms with Gasteiger partial charge in [0.25, 0.3) is 0 Å². The molecule has 0 bridgehead atoms. The van der Waals surface area contributed by atoms with E-state index in [1.807, 2.05) is 13.8 Å². The molecule has 176 valence electrons. The lowest BCUT2D eigenvalue weighted by Crippen LogP contribution is -2.25. The van der Waals surface area contributed by atoms with Gasteiger partial charge >= 0.3 is 5.97 Å². The molecule has 0 spiro atoms. The smallest absolute Gasteiger partial charge is 0.335 e. The molecule has 0 fully saturated rings. The number of benzene rings is 3. The Morgan fingerprint density at radius 3 is 2.35 bits per heavy atom. The minimum absolute atomic E-state index is 0.0274. The summed E-state index contributed by atoms with van der Waals surface area (Å²) in [6.45, 7) is 4.15. The van der Waals surface area contributed by atoms with Crippen LogP contribution in [-0.2, 0) is 17.8 Å². The quantitative estimate of drug-likeness (QED) is 0.163. The van der Waals surface area contributed by atoms with Gasteiger partial charge in [-0.05, 0) is 48.7 Å². The zero-order valence-electron chi connectivity index (χ0n) is 19.1. The Morgan fingerprint density at radius 2 is 1.74 bits per heavy atom. The molecule has 0 heterocycles. The third kappa shape index (κ3) is 5.92. The van der Waals surface area contributed by atoms with Gasteiger partial charge in [0, 0.05) is 23.7 Å². The molecule has 0 atom stereocenters. The predicted molar refractivity (Wildman–Crippen MR) is 132 cm³/mol. The number of phenolic OH excluding ortho intramolecular Hbond substituents is 1. The van der Waals surface area contributed by atoms with Crippen molar-refractivity contribution in [3.05, 3.63) is 82.9 Å². The highest BCUT2D eigenvalue weighted by Gasteiger charge is 2.18. The lowest BCUT2D eigenvalue weighted by molar-refractivity contribution is -0.120. The highest BCUT2D eigenvalue weighted by atomic mass is 16.4. The number of hydrogen-bond acceptors (Lipinski definition) is 5. The first-order chi connectivity index (χ1) is 16.2. The van der Waals surface area contributed by atoms with Crippen LogP contribution in [0.15, 0.2) is 60.7 Å². The molecule has 0 aromatic heterocycles. The molecule has 1 amide bonds. The van der Waals surface area contributed by atoms with Gasteiger partial charge < -0.3 is 26.6 Å². The van der Waals surface area contributed by atoms with E-state index in [1.165, 1.54) is 12.1 Å². The number of carbonyl (C=O) groups is 2.